The lowest BCUT2D eigenvalue weighted by Crippen LogP contribution is -2.31. The number of nitrogens with one attached hydrogen (secondary N) is 2. The summed E-state index contributed by atoms with van der Waals surface area (Å²) in [5, 5.41) is 12.8. The average molecular weight is 703 g/mol. The molecule has 2 N–H and O–H groups in total. The molecule has 5 rings (SSSR count). The molecule has 1 atom stereocenters. The normalized spacial score (nSPS) is 14.3. The lowest BCUT2D eigenvalue weighted by Gasteiger charge is -2.29. The van der Waals surface area contributed by atoms with Crippen molar-refractivity contribution in [3.63, 3.8) is 0 Å². The number of anilines is 2. The van der Waals surface area contributed by atoms with Crippen molar-refractivity contribution in [2.75, 3.05) is 23.5 Å². The van der Waals surface area contributed by atoms with Crippen molar-refractivity contribution < 1.29 is 14.3 Å². The van der Waals surface area contributed by atoms with E-state index in [0.717, 1.165) is 23.3 Å². The van der Waals surface area contributed by atoms with Gasteiger partial charge in [0, 0.05) is 32.7 Å². The lowest BCUT2D eigenvalue weighted by atomic mass is 9.94. The molecule has 3 aromatic carbocycles. The van der Waals surface area contributed by atoms with E-state index in [0.29, 0.717) is 59.6 Å². The Hall–Kier alpha value is -3.18. The molecule has 0 saturated heterocycles. The molecule has 1 aromatic heterocycles. The molecule has 0 radical (unpaired) electrons. The number of allylic oxidation sites excluding steroid dienone is 1. The van der Waals surface area contributed by atoms with Crippen LogP contribution in [0.4, 0.5) is 11.6 Å². The van der Waals surface area contributed by atoms with E-state index in [-0.39, 0.29) is 12.5 Å². The number of aromatic nitrogens is 3. The number of carbonyl (C=O) groups excluding carboxylic acids is 1. The van der Waals surface area contributed by atoms with Crippen LogP contribution in [0.2, 0.25) is 10.0 Å². The molecule has 43 heavy (non-hydrogen) atoms. The van der Waals surface area contributed by atoms with E-state index < -0.39 is 6.04 Å². The van der Waals surface area contributed by atoms with Crippen LogP contribution in [-0.4, -0.2) is 33.5 Å². The summed E-state index contributed by atoms with van der Waals surface area (Å²) < 4.78 is 14.3. The molecule has 8 nitrogen and oxygen atoms in total. The van der Waals surface area contributed by atoms with Crippen molar-refractivity contribution in [1.82, 2.24) is 14.8 Å². The topological polar surface area (TPSA) is 90.3 Å². The second-order valence-electron chi connectivity index (χ2n) is 9.92. The number of rotatable bonds is 10. The maximum absolute atomic E-state index is 13.9. The van der Waals surface area contributed by atoms with E-state index in [1.807, 2.05) is 50.2 Å². The van der Waals surface area contributed by atoms with Crippen LogP contribution in [0.3, 0.4) is 0 Å². The fourth-order valence-corrected chi connectivity index (χ4v) is 6.53. The quantitative estimate of drug-likeness (QED) is 0.160. The number of benzene rings is 3. The number of methoxy groups -OCH3 is 1. The van der Waals surface area contributed by atoms with E-state index in [1.165, 1.54) is 0 Å². The van der Waals surface area contributed by atoms with Gasteiger partial charge in [-0.25, -0.2) is 4.68 Å². The number of hydrogen-bond acceptors (Lipinski definition) is 7. The number of carbonyl (C=O) groups is 1. The number of nitrogens with zero attached hydrogens (tertiary/aromatic N) is 3. The highest BCUT2D eigenvalue weighted by Crippen LogP contribution is 2.44. The smallest absolute Gasteiger partial charge is 0.255 e. The third kappa shape index (κ3) is 6.82. The molecule has 0 fully saturated rings. The number of aryl methyl sites for hydroxylation is 1. The first-order chi connectivity index (χ1) is 20.7. The first-order valence-corrected chi connectivity index (χ1v) is 16.1. The van der Waals surface area contributed by atoms with Crippen LogP contribution in [0.25, 0.3) is 0 Å². The maximum Gasteiger partial charge on any atom is 0.255 e. The lowest BCUT2D eigenvalue weighted by molar-refractivity contribution is -0.113. The summed E-state index contributed by atoms with van der Waals surface area (Å²) >= 11 is 18.0. The van der Waals surface area contributed by atoms with Crippen LogP contribution in [0.15, 0.2) is 75.5 Å². The molecular formula is C31H30BrCl2N5O3S. The van der Waals surface area contributed by atoms with Crippen molar-refractivity contribution >= 4 is 68.4 Å². The number of halogens is 3. The van der Waals surface area contributed by atoms with Gasteiger partial charge in [-0.3, -0.25) is 4.79 Å². The van der Waals surface area contributed by atoms with Gasteiger partial charge in [-0.15, -0.1) is 5.10 Å². The predicted molar refractivity (Wildman–Crippen MR) is 177 cm³/mol. The Morgan fingerprint density at radius 2 is 1.88 bits per heavy atom. The molecule has 0 bridgehead atoms. The zero-order valence-electron chi connectivity index (χ0n) is 24.0. The molecule has 2 heterocycles. The van der Waals surface area contributed by atoms with Crippen LogP contribution in [0.5, 0.6) is 11.5 Å². The summed E-state index contributed by atoms with van der Waals surface area (Å²) in [6.07, 6.45) is 0.984. The second-order valence-corrected chi connectivity index (χ2v) is 12.7. The molecule has 1 aliphatic heterocycles. The SMILES string of the molecule is CCCSc1nc2n(n1)C(c1cc(Br)c(OCc3c(Cl)cccc3Cl)c(OC)c1)C(C(=O)Nc1cccc(C)c1)=C(C)N2. The predicted octanol–water partition coefficient (Wildman–Crippen LogP) is 8.67. The van der Waals surface area contributed by atoms with E-state index >= 15 is 0 Å². The summed E-state index contributed by atoms with van der Waals surface area (Å²) in [5.41, 5.74) is 4.33. The second kappa shape index (κ2) is 13.6. The third-order valence-corrected chi connectivity index (χ3v) is 9.12. The molecule has 0 aliphatic carbocycles. The highest BCUT2D eigenvalue weighted by molar-refractivity contribution is 9.10. The summed E-state index contributed by atoms with van der Waals surface area (Å²) in [7, 11) is 1.57. The Kier molecular flexibility index (Phi) is 9.91. The average Bonchev–Trinajstić information content (AvgIpc) is 3.37. The number of fused-ring (bicyclic) bond motifs is 1. The first kappa shape index (κ1) is 31.3. The van der Waals surface area contributed by atoms with Gasteiger partial charge in [0.15, 0.2) is 11.5 Å². The molecule has 1 amide bonds. The van der Waals surface area contributed by atoms with Gasteiger partial charge in [-0.05, 0) is 83.7 Å². The number of amides is 1. The minimum absolute atomic E-state index is 0.133. The van der Waals surface area contributed by atoms with Gasteiger partial charge >= 0.3 is 0 Å². The third-order valence-electron chi connectivity index (χ3n) is 6.78. The van der Waals surface area contributed by atoms with Crippen LogP contribution in [0.1, 0.15) is 43.0 Å². The molecule has 224 valence electrons. The fraction of sp³-hybridized carbons (Fsp3) is 0.258. The van der Waals surface area contributed by atoms with E-state index in [1.54, 1.807) is 41.8 Å². The van der Waals surface area contributed by atoms with E-state index in [2.05, 4.69) is 33.5 Å². The Morgan fingerprint density at radius 1 is 1.14 bits per heavy atom. The first-order valence-electron chi connectivity index (χ1n) is 13.6. The molecule has 0 spiro atoms. The zero-order chi connectivity index (χ0) is 30.7. The van der Waals surface area contributed by atoms with Gasteiger partial charge in [-0.2, -0.15) is 4.98 Å². The molecule has 4 aromatic rings. The highest BCUT2D eigenvalue weighted by atomic mass is 79.9. The highest BCUT2D eigenvalue weighted by Gasteiger charge is 2.35. The maximum atomic E-state index is 13.9. The van der Waals surface area contributed by atoms with Gasteiger partial charge in [0.1, 0.15) is 12.6 Å². The van der Waals surface area contributed by atoms with Gasteiger partial charge < -0.3 is 20.1 Å². The summed E-state index contributed by atoms with van der Waals surface area (Å²) in [6, 6.07) is 16.1. The Labute approximate surface area is 273 Å². The van der Waals surface area contributed by atoms with Gasteiger partial charge in [0.2, 0.25) is 11.1 Å². The van der Waals surface area contributed by atoms with Crippen LogP contribution in [-0.2, 0) is 11.4 Å². The van der Waals surface area contributed by atoms with Crippen molar-refractivity contribution in [1.29, 1.82) is 0 Å². The van der Waals surface area contributed by atoms with Crippen molar-refractivity contribution in [3.8, 4) is 11.5 Å². The minimum atomic E-state index is -0.609. The summed E-state index contributed by atoms with van der Waals surface area (Å²) in [6.45, 7) is 6.09. The molecular weight excluding hydrogens is 673 g/mol. The fourth-order valence-electron chi connectivity index (χ4n) is 4.76. The zero-order valence-corrected chi connectivity index (χ0v) is 27.9. The van der Waals surface area contributed by atoms with Crippen molar-refractivity contribution in [2.24, 2.45) is 0 Å². The molecule has 12 heteroatoms. The number of thioether (sulfide) groups is 1. The van der Waals surface area contributed by atoms with Gasteiger partial charge in [0.05, 0.1) is 17.2 Å². The van der Waals surface area contributed by atoms with Crippen molar-refractivity contribution in [3.05, 3.63) is 97.1 Å². The van der Waals surface area contributed by atoms with Crippen molar-refractivity contribution in [2.45, 2.75) is 45.0 Å². The summed E-state index contributed by atoms with van der Waals surface area (Å²) in [4.78, 5) is 18.6. The largest absolute Gasteiger partial charge is 0.493 e. The monoisotopic (exact) mass is 701 g/mol. The van der Waals surface area contributed by atoms with Gasteiger partial charge in [-0.1, -0.05) is 60.1 Å². The van der Waals surface area contributed by atoms with Gasteiger partial charge in [0.25, 0.3) is 5.91 Å². The van der Waals surface area contributed by atoms with Crippen LogP contribution in [0, 0.1) is 6.92 Å². The molecule has 1 aliphatic rings. The Balaban J connectivity index is 1.56. The standard InChI is InChI=1S/C31H30BrCl2N5O3S/c1-5-12-43-31-37-30-35-18(3)26(29(40)36-20-9-6-8-17(2)13-20)27(39(30)38-31)19-14-22(32)28(25(15-19)41-4)42-16-21-23(33)10-7-11-24(21)34/h6-11,13-15,27H,5,12,16H2,1-4H3,(H,36,40)(H,35,37,38). The number of ether oxygens (including phenoxy) is 2. The van der Waals surface area contributed by atoms with E-state index in [4.69, 9.17) is 42.8 Å². The minimum Gasteiger partial charge on any atom is -0.493 e. The molecule has 1 unspecified atom stereocenters. The Morgan fingerprint density at radius 3 is 2.58 bits per heavy atom. The number of hydrogen-bond donors (Lipinski definition) is 2. The molecule has 0 saturated carbocycles. The van der Waals surface area contributed by atoms with E-state index in [9.17, 15) is 4.79 Å². The van der Waals surface area contributed by atoms with Crippen LogP contribution >= 0.6 is 50.9 Å². The Bertz CT molecular complexity index is 1690. The summed E-state index contributed by atoms with van der Waals surface area (Å²) in [5.74, 6) is 2.11. The van der Waals surface area contributed by atoms with Crippen LogP contribution < -0.4 is 20.1 Å².